The van der Waals surface area contributed by atoms with Crippen molar-refractivity contribution in [3.8, 4) is 12.3 Å². The molecule has 1 aliphatic rings. The molecule has 0 saturated carbocycles. The monoisotopic (exact) mass is 411 g/mol. The van der Waals surface area contributed by atoms with Crippen LogP contribution >= 0.6 is 0 Å². The Kier molecular flexibility index (Phi) is 7.71. The predicted octanol–water partition coefficient (Wildman–Crippen LogP) is 2.93. The second-order valence-corrected chi connectivity index (χ2v) is 14.3. The summed E-state index contributed by atoms with van der Waals surface area (Å²) in [7, 11) is 1.30. The number of carbonyl (C=O) groups excluding carboxylic acids is 1. The van der Waals surface area contributed by atoms with Crippen LogP contribution in [0.1, 0.15) is 41.0 Å². The fraction of sp³-hybridized carbons (Fsp3) is 0.762. The van der Waals surface area contributed by atoms with Crippen LogP contribution in [-0.2, 0) is 18.7 Å². The second kappa shape index (κ2) is 8.68. The van der Waals surface area contributed by atoms with E-state index in [1.807, 2.05) is 14.1 Å². The third-order valence-corrected chi connectivity index (χ3v) is 9.79. The molecule has 1 rings (SSSR count). The summed E-state index contributed by atoms with van der Waals surface area (Å²) in [6.07, 6.45) is 7.65. The van der Waals surface area contributed by atoms with Crippen LogP contribution in [0.4, 0.5) is 0 Å². The number of terminal acetylenes is 1. The van der Waals surface area contributed by atoms with Gasteiger partial charge in [0, 0.05) is 20.3 Å². The molecule has 0 aromatic carbocycles. The smallest absolute Gasteiger partial charge is 0.194 e. The lowest BCUT2D eigenvalue weighted by Gasteiger charge is -2.45. The summed E-state index contributed by atoms with van der Waals surface area (Å²) >= 11 is 0. The largest absolute Gasteiger partial charge is 0.398 e. The minimum Gasteiger partial charge on any atom is -0.398 e. The van der Waals surface area contributed by atoms with Crippen molar-refractivity contribution in [1.82, 2.24) is 4.90 Å². The molecule has 1 N–H and O–H groups in total. The van der Waals surface area contributed by atoms with Crippen molar-refractivity contribution >= 4 is 14.1 Å². The Hall–Kier alpha value is -1.17. The van der Waals surface area contributed by atoms with Gasteiger partial charge in [-0.3, -0.25) is 4.79 Å². The molecule has 0 radical (unpaired) electrons. The highest BCUT2D eigenvalue weighted by molar-refractivity contribution is 6.74. The highest BCUT2D eigenvalue weighted by Gasteiger charge is 2.56. The summed E-state index contributed by atoms with van der Waals surface area (Å²) in [6.45, 7) is 13.7. The molecule has 0 amide bonds. The number of hydrogen-bond donors (Lipinski definition) is 1. The van der Waals surface area contributed by atoms with E-state index >= 15 is 0 Å². The van der Waals surface area contributed by atoms with E-state index in [4.69, 9.17) is 20.3 Å². The van der Waals surface area contributed by atoms with Crippen molar-refractivity contribution in [3.05, 3.63) is 12.3 Å². The van der Waals surface area contributed by atoms with Crippen molar-refractivity contribution in [1.29, 1.82) is 0 Å². The van der Waals surface area contributed by atoms with Crippen molar-refractivity contribution in [2.24, 2.45) is 0 Å². The maximum Gasteiger partial charge on any atom is 0.194 e. The number of hydrogen-bond acceptors (Lipinski definition) is 6. The van der Waals surface area contributed by atoms with Crippen LogP contribution in [0.5, 0.6) is 0 Å². The highest BCUT2D eigenvalue weighted by atomic mass is 28.4. The molecule has 3 atom stereocenters. The molecule has 1 aliphatic heterocycles. The van der Waals surface area contributed by atoms with Crippen molar-refractivity contribution in [2.75, 3.05) is 20.7 Å². The third kappa shape index (κ3) is 5.91. The second-order valence-electron chi connectivity index (χ2n) is 9.60. The van der Waals surface area contributed by atoms with Gasteiger partial charge in [0.1, 0.15) is 12.2 Å². The Balaban J connectivity index is 3.40. The first-order valence-electron chi connectivity index (χ1n) is 9.61. The van der Waals surface area contributed by atoms with Gasteiger partial charge in [0.15, 0.2) is 25.5 Å². The Bertz CT molecular complexity index is 630. The molecule has 6 nitrogen and oxygen atoms in total. The Morgan fingerprint density at radius 2 is 1.89 bits per heavy atom. The van der Waals surface area contributed by atoms with Gasteiger partial charge in [-0.25, -0.2) is 0 Å². The van der Waals surface area contributed by atoms with Crippen LogP contribution in [0.15, 0.2) is 12.3 Å². The average Bonchev–Trinajstić information content (AvgIpc) is 2.86. The summed E-state index contributed by atoms with van der Waals surface area (Å²) in [4.78, 5) is 14.5. The molecule has 160 valence electrons. The molecular weight excluding hydrogens is 374 g/mol. The summed E-state index contributed by atoms with van der Waals surface area (Å²) in [5.41, 5.74) is -1.34. The summed E-state index contributed by atoms with van der Waals surface area (Å²) in [5.74, 6) is 1.63. The molecule has 0 bridgehead atoms. The summed E-state index contributed by atoms with van der Waals surface area (Å²) < 4.78 is 18.6. The fourth-order valence-electron chi connectivity index (χ4n) is 2.88. The average molecular weight is 412 g/mol. The molecular formula is C21H37NO5Si. The number of aliphatic hydroxyl groups is 1. The van der Waals surface area contributed by atoms with Crippen molar-refractivity contribution in [3.63, 3.8) is 0 Å². The fourth-order valence-corrected chi connectivity index (χ4v) is 4.34. The molecule has 1 saturated heterocycles. The Morgan fingerprint density at radius 1 is 1.32 bits per heavy atom. The van der Waals surface area contributed by atoms with Gasteiger partial charge >= 0.3 is 0 Å². The van der Waals surface area contributed by atoms with E-state index in [-0.39, 0.29) is 23.8 Å². The SMILES string of the molecule is C#C[C@@](CC(=O)/C=C/N(C)C)(O[Si](C)(C)C(C)(C)C)[C@@H]1OC(C)(C)O[C@@H]1CO. The van der Waals surface area contributed by atoms with E-state index < -0.39 is 31.9 Å². The zero-order valence-electron chi connectivity index (χ0n) is 18.8. The number of ether oxygens (including phenoxy) is 2. The molecule has 0 spiro atoms. The number of nitrogens with zero attached hydrogens (tertiary/aromatic N) is 1. The maximum atomic E-state index is 12.7. The van der Waals surface area contributed by atoms with E-state index in [1.165, 1.54) is 6.08 Å². The predicted molar refractivity (Wildman–Crippen MR) is 113 cm³/mol. The van der Waals surface area contributed by atoms with Crippen LogP contribution < -0.4 is 0 Å². The van der Waals surface area contributed by atoms with E-state index in [0.717, 1.165) is 0 Å². The number of carbonyl (C=O) groups is 1. The lowest BCUT2D eigenvalue weighted by Crippen LogP contribution is -2.58. The molecule has 1 heterocycles. The van der Waals surface area contributed by atoms with Gasteiger partial charge < -0.3 is 23.9 Å². The highest BCUT2D eigenvalue weighted by Crippen LogP contribution is 2.44. The topological polar surface area (TPSA) is 68.2 Å². The lowest BCUT2D eigenvalue weighted by molar-refractivity contribution is -0.163. The first kappa shape index (κ1) is 24.9. The van der Waals surface area contributed by atoms with Gasteiger partial charge in [-0.1, -0.05) is 26.7 Å². The molecule has 0 aromatic rings. The van der Waals surface area contributed by atoms with E-state index in [9.17, 15) is 9.90 Å². The minimum absolute atomic E-state index is 0.0546. The van der Waals surface area contributed by atoms with Crippen LogP contribution in [-0.4, -0.2) is 68.4 Å². The molecule has 0 aliphatic carbocycles. The van der Waals surface area contributed by atoms with E-state index in [0.29, 0.717) is 0 Å². The van der Waals surface area contributed by atoms with Gasteiger partial charge in [0.05, 0.1) is 13.0 Å². The van der Waals surface area contributed by atoms with Crippen LogP contribution in [0.3, 0.4) is 0 Å². The normalized spacial score (nSPS) is 24.8. The maximum absolute atomic E-state index is 12.7. The van der Waals surface area contributed by atoms with Gasteiger partial charge in [0.25, 0.3) is 0 Å². The van der Waals surface area contributed by atoms with Gasteiger partial charge in [-0.05, 0) is 38.1 Å². The third-order valence-electron chi connectivity index (χ3n) is 5.31. The van der Waals surface area contributed by atoms with E-state index in [1.54, 1.807) is 24.9 Å². The minimum atomic E-state index is -2.38. The molecule has 7 heteroatoms. The first-order chi connectivity index (χ1) is 12.6. The van der Waals surface area contributed by atoms with Crippen LogP contribution in [0.25, 0.3) is 0 Å². The van der Waals surface area contributed by atoms with Crippen molar-refractivity contribution < 1.29 is 23.8 Å². The Morgan fingerprint density at radius 3 is 2.32 bits per heavy atom. The number of rotatable bonds is 8. The molecule has 28 heavy (non-hydrogen) atoms. The van der Waals surface area contributed by atoms with Gasteiger partial charge in [-0.15, -0.1) is 6.42 Å². The quantitative estimate of drug-likeness (QED) is 0.376. The molecule has 0 unspecified atom stereocenters. The molecule has 0 aromatic heterocycles. The zero-order valence-corrected chi connectivity index (χ0v) is 19.8. The van der Waals surface area contributed by atoms with Crippen LogP contribution in [0, 0.1) is 12.3 Å². The van der Waals surface area contributed by atoms with Crippen molar-refractivity contribution in [2.45, 2.75) is 82.8 Å². The van der Waals surface area contributed by atoms with E-state index in [2.05, 4.69) is 39.8 Å². The lowest BCUT2D eigenvalue weighted by atomic mass is 9.88. The van der Waals surface area contributed by atoms with Crippen LogP contribution in [0.2, 0.25) is 18.1 Å². The number of aliphatic hydroxyl groups excluding tert-OH is 1. The Labute approximate surface area is 171 Å². The summed E-state index contributed by atoms with van der Waals surface area (Å²) in [5, 5.41) is 9.75. The standard InChI is InChI=1S/C21H37NO5Si/c1-11-21(14-16(24)12-13-22(7)8,27-28(9,10)19(2,3)4)18-17(15-23)25-20(5,6)26-18/h1,12-13,17-18,23H,14-15H2,2-10H3/b13-12+/t17-,18-,21+/m1/s1. The first-order valence-corrected chi connectivity index (χ1v) is 12.5. The van der Waals surface area contributed by atoms with Gasteiger partial charge in [0.2, 0.25) is 0 Å². The number of ketones is 1. The number of allylic oxidation sites excluding steroid dienone is 1. The summed E-state index contributed by atoms with van der Waals surface area (Å²) in [6, 6.07) is 0. The zero-order chi connectivity index (χ0) is 22.0. The molecule has 1 fully saturated rings. The van der Waals surface area contributed by atoms with Gasteiger partial charge in [-0.2, -0.15) is 0 Å².